The van der Waals surface area contributed by atoms with Crippen LogP contribution in [-0.2, 0) is 6.54 Å². The zero-order chi connectivity index (χ0) is 13.2. The standard InChI is InChI=1S/C11H12N6S2/c1-6-14-7(5-19-6)4-13-9-8-2-3-18-10(8)16-11(15-9)17-12/h2-3,5H,4,12H2,1H3,(H2,13,15,16,17). The van der Waals surface area contributed by atoms with E-state index in [0.29, 0.717) is 12.5 Å². The van der Waals surface area contributed by atoms with Crippen molar-refractivity contribution < 1.29 is 0 Å². The molecule has 3 heterocycles. The Morgan fingerprint density at radius 3 is 2.89 bits per heavy atom. The first-order chi connectivity index (χ1) is 9.26. The van der Waals surface area contributed by atoms with Crippen molar-refractivity contribution in [3.8, 4) is 0 Å². The first-order valence-corrected chi connectivity index (χ1v) is 7.39. The zero-order valence-corrected chi connectivity index (χ0v) is 11.8. The number of nitrogen functional groups attached to an aromatic ring is 1. The minimum absolute atomic E-state index is 0.409. The molecule has 98 valence electrons. The van der Waals surface area contributed by atoms with Crippen LogP contribution in [-0.4, -0.2) is 15.0 Å². The molecule has 0 unspecified atom stereocenters. The van der Waals surface area contributed by atoms with Gasteiger partial charge in [-0.1, -0.05) is 0 Å². The number of hydrogen-bond acceptors (Lipinski definition) is 8. The molecular formula is C11H12N6S2. The predicted octanol–water partition coefficient (Wildman–Crippen LogP) is 2.35. The average molecular weight is 292 g/mol. The Labute approximate surface area is 117 Å². The SMILES string of the molecule is Cc1nc(CNc2nc(NN)nc3sccc23)cs1. The highest BCUT2D eigenvalue weighted by Gasteiger charge is 2.08. The van der Waals surface area contributed by atoms with E-state index in [-0.39, 0.29) is 0 Å². The molecule has 0 radical (unpaired) electrons. The number of aryl methyl sites for hydroxylation is 1. The van der Waals surface area contributed by atoms with Crippen LogP contribution >= 0.6 is 22.7 Å². The number of thiophene rings is 1. The first kappa shape index (κ1) is 12.3. The Morgan fingerprint density at radius 1 is 1.26 bits per heavy atom. The first-order valence-electron chi connectivity index (χ1n) is 5.63. The van der Waals surface area contributed by atoms with Crippen molar-refractivity contribution in [3.05, 3.63) is 27.5 Å². The van der Waals surface area contributed by atoms with Crippen LogP contribution in [0.4, 0.5) is 11.8 Å². The predicted molar refractivity (Wildman–Crippen MR) is 79.4 cm³/mol. The Morgan fingerprint density at radius 2 is 2.16 bits per heavy atom. The maximum atomic E-state index is 5.38. The summed E-state index contributed by atoms with van der Waals surface area (Å²) in [7, 11) is 0. The molecule has 0 aliphatic rings. The van der Waals surface area contributed by atoms with Crippen LogP contribution in [0.1, 0.15) is 10.7 Å². The van der Waals surface area contributed by atoms with E-state index in [1.165, 1.54) is 0 Å². The summed E-state index contributed by atoms with van der Waals surface area (Å²) < 4.78 is 0. The van der Waals surface area contributed by atoms with Crippen molar-refractivity contribution in [2.24, 2.45) is 5.84 Å². The highest BCUT2D eigenvalue weighted by Crippen LogP contribution is 2.26. The summed E-state index contributed by atoms with van der Waals surface area (Å²) in [6.07, 6.45) is 0. The summed E-state index contributed by atoms with van der Waals surface area (Å²) in [6.45, 7) is 2.63. The average Bonchev–Trinajstić information content (AvgIpc) is 3.04. The minimum Gasteiger partial charge on any atom is -0.364 e. The highest BCUT2D eigenvalue weighted by molar-refractivity contribution is 7.16. The fraction of sp³-hybridized carbons (Fsp3) is 0.182. The quantitative estimate of drug-likeness (QED) is 0.505. The van der Waals surface area contributed by atoms with Gasteiger partial charge in [0, 0.05) is 5.38 Å². The molecule has 0 spiro atoms. The summed E-state index contributed by atoms with van der Waals surface area (Å²) in [6, 6.07) is 1.99. The van der Waals surface area contributed by atoms with Gasteiger partial charge in [-0.2, -0.15) is 4.98 Å². The van der Waals surface area contributed by atoms with Crippen LogP contribution < -0.4 is 16.6 Å². The Bertz CT molecular complexity index is 704. The van der Waals surface area contributed by atoms with Gasteiger partial charge in [0.25, 0.3) is 0 Å². The Kier molecular flexibility index (Phi) is 3.28. The number of thiazole rings is 1. The number of nitrogens with zero attached hydrogens (tertiary/aromatic N) is 3. The monoisotopic (exact) mass is 292 g/mol. The molecule has 4 N–H and O–H groups in total. The number of nitrogens with one attached hydrogen (secondary N) is 2. The topological polar surface area (TPSA) is 88.8 Å². The molecule has 6 nitrogen and oxygen atoms in total. The van der Waals surface area contributed by atoms with Gasteiger partial charge < -0.3 is 5.32 Å². The lowest BCUT2D eigenvalue weighted by Crippen LogP contribution is -2.12. The van der Waals surface area contributed by atoms with Crippen LogP contribution in [0.5, 0.6) is 0 Å². The van der Waals surface area contributed by atoms with E-state index in [2.05, 4.69) is 25.7 Å². The Hall–Kier alpha value is -1.77. The molecule has 0 aromatic carbocycles. The van der Waals surface area contributed by atoms with Crippen LogP contribution in [0.3, 0.4) is 0 Å². The van der Waals surface area contributed by atoms with Crippen molar-refractivity contribution in [3.63, 3.8) is 0 Å². The largest absolute Gasteiger partial charge is 0.364 e. The molecule has 0 saturated heterocycles. The molecule has 0 aliphatic heterocycles. The number of aromatic nitrogens is 3. The van der Waals surface area contributed by atoms with E-state index in [0.717, 1.165) is 26.7 Å². The number of nitrogens with two attached hydrogens (primary N) is 1. The van der Waals surface area contributed by atoms with Gasteiger partial charge >= 0.3 is 0 Å². The lowest BCUT2D eigenvalue weighted by atomic mass is 10.3. The maximum Gasteiger partial charge on any atom is 0.240 e. The summed E-state index contributed by atoms with van der Waals surface area (Å²) in [5.74, 6) is 6.56. The van der Waals surface area contributed by atoms with E-state index in [9.17, 15) is 0 Å². The fourth-order valence-electron chi connectivity index (χ4n) is 1.72. The summed E-state index contributed by atoms with van der Waals surface area (Å²) >= 11 is 3.19. The lowest BCUT2D eigenvalue weighted by molar-refractivity contribution is 1.03. The maximum absolute atomic E-state index is 5.38. The van der Waals surface area contributed by atoms with Gasteiger partial charge in [-0.25, -0.2) is 15.8 Å². The molecule has 0 amide bonds. The van der Waals surface area contributed by atoms with Crippen LogP contribution in [0.15, 0.2) is 16.8 Å². The molecule has 0 saturated carbocycles. The van der Waals surface area contributed by atoms with E-state index < -0.39 is 0 Å². The number of hydrazine groups is 1. The molecule has 0 bridgehead atoms. The second kappa shape index (κ2) is 5.08. The van der Waals surface area contributed by atoms with Gasteiger partial charge in [-0.15, -0.1) is 22.7 Å². The summed E-state index contributed by atoms with van der Waals surface area (Å²) in [4.78, 5) is 13.9. The van der Waals surface area contributed by atoms with Crippen LogP contribution in [0.25, 0.3) is 10.2 Å². The number of anilines is 2. The Balaban J connectivity index is 1.88. The van der Waals surface area contributed by atoms with Gasteiger partial charge in [-0.3, -0.25) is 5.43 Å². The number of rotatable bonds is 4. The van der Waals surface area contributed by atoms with E-state index in [4.69, 9.17) is 5.84 Å². The zero-order valence-electron chi connectivity index (χ0n) is 10.2. The fourth-order valence-corrected chi connectivity index (χ4v) is 3.09. The lowest BCUT2D eigenvalue weighted by Gasteiger charge is -2.07. The summed E-state index contributed by atoms with van der Waals surface area (Å²) in [5, 5.41) is 9.36. The van der Waals surface area contributed by atoms with E-state index >= 15 is 0 Å². The van der Waals surface area contributed by atoms with E-state index in [1.54, 1.807) is 22.7 Å². The second-order valence-corrected chi connectivity index (χ2v) is 5.85. The van der Waals surface area contributed by atoms with E-state index in [1.807, 2.05) is 23.8 Å². The molecule has 0 atom stereocenters. The van der Waals surface area contributed by atoms with Gasteiger partial charge in [0.15, 0.2) is 0 Å². The van der Waals surface area contributed by atoms with Gasteiger partial charge in [0.1, 0.15) is 10.6 Å². The number of fused-ring (bicyclic) bond motifs is 1. The van der Waals surface area contributed by atoms with Gasteiger partial charge in [0.05, 0.1) is 22.6 Å². The van der Waals surface area contributed by atoms with Crippen molar-refractivity contribution in [2.75, 3.05) is 10.7 Å². The summed E-state index contributed by atoms with van der Waals surface area (Å²) in [5.41, 5.74) is 3.49. The molecule has 3 aromatic rings. The molecule has 19 heavy (non-hydrogen) atoms. The van der Waals surface area contributed by atoms with Crippen LogP contribution in [0, 0.1) is 6.92 Å². The molecule has 3 rings (SSSR count). The van der Waals surface area contributed by atoms with Gasteiger partial charge in [0.2, 0.25) is 5.95 Å². The third kappa shape index (κ3) is 2.50. The third-order valence-corrected chi connectivity index (χ3v) is 4.19. The minimum atomic E-state index is 0.409. The van der Waals surface area contributed by atoms with Crippen molar-refractivity contribution in [1.82, 2.24) is 15.0 Å². The second-order valence-electron chi connectivity index (χ2n) is 3.89. The third-order valence-electron chi connectivity index (χ3n) is 2.56. The molecule has 8 heteroatoms. The number of hydrogen-bond donors (Lipinski definition) is 3. The van der Waals surface area contributed by atoms with Crippen LogP contribution in [0.2, 0.25) is 0 Å². The molecular weight excluding hydrogens is 280 g/mol. The highest BCUT2D eigenvalue weighted by atomic mass is 32.1. The van der Waals surface area contributed by atoms with Crippen molar-refractivity contribution >= 4 is 44.7 Å². The smallest absolute Gasteiger partial charge is 0.240 e. The van der Waals surface area contributed by atoms with Crippen molar-refractivity contribution in [2.45, 2.75) is 13.5 Å². The normalized spacial score (nSPS) is 10.8. The molecule has 0 aliphatic carbocycles. The van der Waals surface area contributed by atoms with Crippen molar-refractivity contribution in [1.29, 1.82) is 0 Å². The molecule has 3 aromatic heterocycles. The molecule has 0 fully saturated rings. The van der Waals surface area contributed by atoms with Gasteiger partial charge in [-0.05, 0) is 18.4 Å².